The van der Waals surface area contributed by atoms with Crippen LogP contribution in [0.3, 0.4) is 0 Å². The van der Waals surface area contributed by atoms with E-state index in [4.69, 9.17) is 16.1 Å². The van der Waals surface area contributed by atoms with Crippen molar-refractivity contribution in [2.24, 2.45) is 0 Å². The second-order valence-corrected chi connectivity index (χ2v) is 2.34. The molecule has 2 N–H and O–H groups in total. The van der Waals surface area contributed by atoms with E-state index in [-0.39, 0.29) is 0 Å². The number of likely N-dealkylation sites (N-methyl/N-ethyl adjacent to an activating group) is 1. The molecule has 11 heavy (non-hydrogen) atoms. The summed E-state index contributed by atoms with van der Waals surface area (Å²) in [4.78, 5) is 10.7. The van der Waals surface area contributed by atoms with Gasteiger partial charge in [0, 0.05) is 2.74 Å². The van der Waals surface area contributed by atoms with Gasteiger partial charge in [-0.3, -0.25) is 4.79 Å². The van der Waals surface area contributed by atoms with Crippen molar-refractivity contribution in [1.82, 2.24) is 0 Å². The Labute approximate surface area is 77.9 Å². The van der Waals surface area contributed by atoms with Gasteiger partial charge in [0.05, 0.1) is 35.7 Å². The summed E-state index contributed by atoms with van der Waals surface area (Å²) in [5.41, 5.74) is 0. The molecule has 66 valence electrons. The van der Waals surface area contributed by atoms with Crippen molar-refractivity contribution < 1.29 is 30.5 Å². The van der Waals surface area contributed by atoms with E-state index in [0.717, 1.165) is 14.1 Å². The summed E-state index contributed by atoms with van der Waals surface area (Å²) in [6.07, 6.45) is -7.51. The van der Waals surface area contributed by atoms with E-state index in [1.165, 1.54) is 0 Å². The van der Waals surface area contributed by atoms with E-state index in [0.29, 0.717) is 0 Å². The third-order valence-electron chi connectivity index (χ3n) is 0.611. The molecule has 0 heterocycles. The van der Waals surface area contributed by atoms with Gasteiger partial charge in [-0.1, -0.05) is 0 Å². The second-order valence-electron chi connectivity index (χ2n) is 2.34. The molecule has 0 saturated heterocycles. The number of hydrogen-bond acceptors (Lipinski definition) is 2. The summed E-state index contributed by atoms with van der Waals surface area (Å²) < 4.78 is 56.7. The summed E-state index contributed by atoms with van der Waals surface area (Å²) in [7, 11) is 1.62. The van der Waals surface area contributed by atoms with Gasteiger partial charge in [-0.2, -0.15) is 0 Å². The van der Waals surface area contributed by atoms with Crippen LogP contribution in [0.1, 0.15) is 17.3 Å². The fourth-order valence-corrected chi connectivity index (χ4v) is 0.394. The topological polar surface area (TPSA) is 57.5 Å². The lowest BCUT2D eigenvalue weighted by molar-refractivity contribution is -0.873. The standard InChI is InChI=1S/C7H15NO3/c1-8(2,3)5-6(9)4-7(10)11/h6,9H,4-5H2,1-3H3/p+1/t6-/m0/s1/i1D3,4D2,5D2,6D. The van der Waals surface area contributed by atoms with E-state index in [2.05, 4.69) is 0 Å². The molecule has 0 aromatic rings. The molecule has 0 amide bonds. The van der Waals surface area contributed by atoms with Crippen LogP contribution in [-0.4, -0.2) is 54.3 Å². The lowest BCUT2D eigenvalue weighted by atomic mass is 10.2. The molecule has 0 aliphatic rings. The SMILES string of the molecule is [2H]C([2H])(C(=O)O)[C@]([2H])(O)C([2H])([2H])[N+](C)(C)C([2H])([2H])[2H]. The lowest BCUT2D eigenvalue weighted by Crippen LogP contribution is -2.42. The van der Waals surface area contributed by atoms with Crippen molar-refractivity contribution >= 4 is 5.97 Å². The molecule has 0 saturated carbocycles. The van der Waals surface area contributed by atoms with E-state index in [9.17, 15) is 9.90 Å². The summed E-state index contributed by atoms with van der Waals surface area (Å²) in [5, 5.41) is 18.3. The third-order valence-corrected chi connectivity index (χ3v) is 0.611. The predicted molar refractivity (Wildman–Crippen MR) is 41.2 cm³/mol. The molecular formula is C7H16NO3+. The normalized spacial score (nSPS) is 31.9. The van der Waals surface area contributed by atoms with E-state index in [1.807, 2.05) is 0 Å². The number of quaternary nitrogens is 1. The van der Waals surface area contributed by atoms with Crippen LogP contribution in [-0.2, 0) is 4.79 Å². The number of carboxylic acids is 1. The van der Waals surface area contributed by atoms with Crippen LogP contribution in [0.4, 0.5) is 0 Å². The molecule has 4 heteroatoms. The van der Waals surface area contributed by atoms with Gasteiger partial charge in [0.25, 0.3) is 0 Å². The Hall–Kier alpha value is -0.610. The summed E-state index contributed by atoms with van der Waals surface area (Å²) in [5.74, 6) is -2.26. The minimum Gasteiger partial charge on any atom is -0.481 e. The first-order valence-corrected chi connectivity index (χ1v) is 2.74. The fraction of sp³-hybridized carbons (Fsp3) is 0.857. The Morgan fingerprint density at radius 1 is 1.91 bits per heavy atom. The Morgan fingerprint density at radius 2 is 2.45 bits per heavy atom. The van der Waals surface area contributed by atoms with Crippen LogP contribution in [0.25, 0.3) is 0 Å². The van der Waals surface area contributed by atoms with Crippen LogP contribution in [0.2, 0.25) is 0 Å². The molecule has 0 aromatic heterocycles. The molecule has 0 radical (unpaired) electrons. The van der Waals surface area contributed by atoms with Crippen LogP contribution < -0.4 is 0 Å². The zero-order chi connectivity index (χ0) is 16.1. The smallest absolute Gasteiger partial charge is 0.306 e. The number of rotatable bonds is 4. The second kappa shape index (κ2) is 3.69. The molecule has 0 spiro atoms. The maximum Gasteiger partial charge on any atom is 0.306 e. The number of carbonyl (C=O) groups is 1. The molecule has 0 aliphatic heterocycles. The van der Waals surface area contributed by atoms with Gasteiger partial charge >= 0.3 is 5.97 Å². The molecular weight excluding hydrogens is 146 g/mol. The minimum atomic E-state index is -3.82. The quantitative estimate of drug-likeness (QED) is 0.561. The van der Waals surface area contributed by atoms with E-state index < -0.39 is 36.4 Å². The molecule has 4 nitrogen and oxygen atoms in total. The maximum absolute atomic E-state index is 10.7. The third kappa shape index (κ3) is 7.29. The summed E-state index contributed by atoms with van der Waals surface area (Å²) in [6, 6.07) is 0. The highest BCUT2D eigenvalue weighted by Crippen LogP contribution is 1.98. The van der Waals surface area contributed by atoms with Crippen LogP contribution in [0.15, 0.2) is 0 Å². The maximum atomic E-state index is 10.7. The molecule has 0 unspecified atom stereocenters. The van der Waals surface area contributed by atoms with Gasteiger partial charge in [0.2, 0.25) is 0 Å². The molecule has 0 fully saturated rings. The van der Waals surface area contributed by atoms with Crippen molar-refractivity contribution in [2.45, 2.75) is 12.5 Å². The highest BCUT2D eigenvalue weighted by Gasteiger charge is 2.17. The first-order chi connectivity index (χ1) is 7.94. The van der Waals surface area contributed by atoms with Crippen molar-refractivity contribution in [2.75, 3.05) is 27.6 Å². The number of aliphatic carboxylic acids is 1. The lowest BCUT2D eigenvalue weighted by Gasteiger charge is -2.25. The Morgan fingerprint density at radius 3 is 2.82 bits per heavy atom. The Balaban J connectivity index is 5.99. The van der Waals surface area contributed by atoms with Crippen LogP contribution >= 0.6 is 0 Å². The Kier molecular flexibility index (Phi) is 1.02. The van der Waals surface area contributed by atoms with E-state index >= 15 is 0 Å². The number of carboxylic acid groups (broad SMARTS) is 1. The largest absolute Gasteiger partial charge is 0.481 e. The van der Waals surface area contributed by atoms with Gasteiger partial charge in [-0.05, 0) is 0 Å². The van der Waals surface area contributed by atoms with Crippen molar-refractivity contribution in [1.29, 1.82) is 0 Å². The molecule has 0 aromatic carbocycles. The number of hydrogen-bond donors (Lipinski definition) is 2. The zero-order valence-electron chi connectivity index (χ0n) is 14.2. The molecule has 0 aliphatic carbocycles. The molecule has 0 rings (SSSR count). The zero-order valence-corrected chi connectivity index (χ0v) is 6.25. The van der Waals surface area contributed by atoms with Crippen molar-refractivity contribution in [3.63, 3.8) is 0 Å². The average Bonchev–Trinajstić information content (AvgIpc) is 2.14. The van der Waals surface area contributed by atoms with Gasteiger partial charge in [-0.25, -0.2) is 0 Å². The highest BCUT2D eigenvalue weighted by atomic mass is 16.4. The van der Waals surface area contributed by atoms with Crippen LogP contribution in [0, 0.1) is 0 Å². The van der Waals surface area contributed by atoms with Gasteiger partial charge in [0.1, 0.15) is 12.6 Å². The first-order valence-electron chi connectivity index (χ1n) is 6.74. The van der Waals surface area contributed by atoms with Gasteiger partial charge in [0.15, 0.2) is 0 Å². The Bertz CT molecular complexity index is 375. The average molecular weight is 170 g/mol. The summed E-state index contributed by atoms with van der Waals surface area (Å²) in [6.45, 7) is -6.45. The van der Waals surface area contributed by atoms with Crippen molar-refractivity contribution in [3.05, 3.63) is 0 Å². The van der Waals surface area contributed by atoms with Gasteiger partial charge in [-0.15, -0.1) is 0 Å². The van der Waals surface area contributed by atoms with Crippen LogP contribution in [0.5, 0.6) is 0 Å². The fourth-order valence-electron chi connectivity index (χ4n) is 0.394. The molecule has 0 bridgehead atoms. The number of aliphatic hydroxyl groups is 1. The summed E-state index contributed by atoms with van der Waals surface area (Å²) >= 11 is 0. The minimum absolute atomic E-state index is 0.810. The monoisotopic (exact) mass is 170 g/mol. The highest BCUT2D eigenvalue weighted by molar-refractivity contribution is 5.67. The van der Waals surface area contributed by atoms with Gasteiger partial charge < -0.3 is 14.7 Å². The predicted octanol–water partition coefficient (Wildman–Crippen LogP) is -0.472. The van der Waals surface area contributed by atoms with E-state index in [1.54, 1.807) is 0 Å². The molecule has 1 atom stereocenters. The first kappa shape index (κ1) is 3.03. The van der Waals surface area contributed by atoms with Crippen molar-refractivity contribution in [3.8, 4) is 0 Å². The number of nitrogens with zero attached hydrogens (tertiary/aromatic N) is 1.